The van der Waals surface area contributed by atoms with Crippen LogP contribution in [0, 0.1) is 0 Å². The zero-order valence-corrected chi connectivity index (χ0v) is 12.4. The van der Waals surface area contributed by atoms with Crippen molar-refractivity contribution in [1.29, 1.82) is 0 Å². The van der Waals surface area contributed by atoms with Crippen LogP contribution in [0.3, 0.4) is 0 Å². The fourth-order valence-electron chi connectivity index (χ4n) is 2.53. The van der Waals surface area contributed by atoms with Crippen molar-refractivity contribution < 1.29 is 4.79 Å². The molecule has 1 unspecified atom stereocenters. The number of nitrogens with zero attached hydrogens (tertiary/aromatic N) is 1. The molecule has 0 N–H and O–H groups in total. The van der Waals surface area contributed by atoms with Gasteiger partial charge in [-0.15, -0.1) is 0 Å². The fraction of sp³-hybridized carbons (Fsp3) is 0.533. The minimum absolute atomic E-state index is 0.00854. The molecule has 0 radical (unpaired) electrons. The van der Waals surface area contributed by atoms with Gasteiger partial charge in [-0.05, 0) is 30.7 Å². The lowest BCUT2D eigenvalue weighted by Crippen LogP contribution is -2.41. The molecule has 98 valence electrons. The van der Waals surface area contributed by atoms with Gasteiger partial charge in [0.15, 0.2) is 0 Å². The first-order valence-corrected chi connectivity index (χ1v) is 7.61. The molecule has 1 aliphatic heterocycles. The Hall–Kier alpha value is -0.830. The molecule has 18 heavy (non-hydrogen) atoms. The lowest BCUT2D eigenvalue weighted by Gasteiger charge is -2.33. The number of carbonyl (C=O) groups is 1. The summed E-state index contributed by atoms with van der Waals surface area (Å²) in [5.41, 5.74) is 1.41. The first-order chi connectivity index (χ1) is 8.72. The highest BCUT2D eigenvalue weighted by atomic mass is 79.9. The van der Waals surface area contributed by atoms with Crippen LogP contribution in [0.25, 0.3) is 0 Å². The average Bonchev–Trinajstić information content (AvgIpc) is 2.47. The Bertz CT molecular complexity index is 385. The van der Waals surface area contributed by atoms with Gasteiger partial charge in [0.1, 0.15) is 0 Å². The molecule has 1 aromatic rings. The lowest BCUT2D eigenvalue weighted by atomic mass is 9.89. The summed E-state index contributed by atoms with van der Waals surface area (Å²) in [5, 5.41) is 0. The van der Waals surface area contributed by atoms with Gasteiger partial charge in [-0.25, -0.2) is 0 Å². The van der Waals surface area contributed by atoms with E-state index in [2.05, 4.69) is 46.3 Å². The number of carbonyl (C=O) groups excluding carboxylic acids is 1. The molecule has 2 rings (SSSR count). The summed E-state index contributed by atoms with van der Waals surface area (Å²) < 4.78 is 0. The second kappa shape index (κ2) is 6.37. The van der Waals surface area contributed by atoms with Gasteiger partial charge >= 0.3 is 0 Å². The number of halogens is 1. The van der Waals surface area contributed by atoms with Gasteiger partial charge in [0, 0.05) is 13.1 Å². The number of hydrogen-bond donors (Lipinski definition) is 0. The predicted octanol–water partition coefficient (Wildman–Crippen LogP) is 3.57. The van der Waals surface area contributed by atoms with E-state index in [9.17, 15) is 4.79 Å². The third-order valence-electron chi connectivity index (χ3n) is 3.70. The van der Waals surface area contributed by atoms with Crippen molar-refractivity contribution in [3.05, 3.63) is 35.9 Å². The van der Waals surface area contributed by atoms with Gasteiger partial charge in [-0.3, -0.25) is 4.79 Å². The van der Waals surface area contributed by atoms with Crippen LogP contribution < -0.4 is 0 Å². The molecule has 1 aromatic carbocycles. The van der Waals surface area contributed by atoms with Crippen LogP contribution >= 0.6 is 15.9 Å². The van der Waals surface area contributed by atoms with Crippen molar-refractivity contribution in [2.75, 3.05) is 13.1 Å². The van der Waals surface area contributed by atoms with Gasteiger partial charge in [0.05, 0.1) is 4.83 Å². The van der Waals surface area contributed by atoms with E-state index in [-0.39, 0.29) is 10.7 Å². The summed E-state index contributed by atoms with van der Waals surface area (Å²) in [5.74, 6) is 0.870. The Morgan fingerprint density at radius 2 is 1.94 bits per heavy atom. The van der Waals surface area contributed by atoms with Gasteiger partial charge in [-0.1, -0.05) is 53.2 Å². The molecule has 3 heteroatoms. The van der Waals surface area contributed by atoms with E-state index in [1.807, 2.05) is 11.8 Å². The normalized spacial score (nSPS) is 18.7. The molecule has 0 bridgehead atoms. The van der Waals surface area contributed by atoms with E-state index < -0.39 is 0 Å². The average molecular weight is 310 g/mol. The summed E-state index contributed by atoms with van der Waals surface area (Å²) in [6, 6.07) is 10.6. The summed E-state index contributed by atoms with van der Waals surface area (Å²) in [6.07, 6.45) is 3.02. The number of amides is 1. The monoisotopic (exact) mass is 309 g/mol. The fourth-order valence-corrected chi connectivity index (χ4v) is 2.82. The van der Waals surface area contributed by atoms with Crippen LogP contribution in [0.5, 0.6) is 0 Å². The molecule has 1 heterocycles. The smallest absolute Gasteiger partial charge is 0.236 e. The maximum atomic E-state index is 12.1. The largest absolute Gasteiger partial charge is 0.342 e. The standard InChI is InChI=1S/C15H20BrNO/c1-2-14(16)15(18)17-10-8-13(9-11-17)12-6-4-3-5-7-12/h3-7,13-14H,2,8-11H2,1H3. The van der Waals surface area contributed by atoms with E-state index in [1.54, 1.807) is 0 Å². The van der Waals surface area contributed by atoms with Gasteiger partial charge in [-0.2, -0.15) is 0 Å². The Morgan fingerprint density at radius 3 is 2.50 bits per heavy atom. The van der Waals surface area contributed by atoms with Crippen molar-refractivity contribution >= 4 is 21.8 Å². The van der Waals surface area contributed by atoms with E-state index in [0.29, 0.717) is 5.92 Å². The van der Waals surface area contributed by atoms with Crippen LogP contribution in [0.2, 0.25) is 0 Å². The van der Waals surface area contributed by atoms with Crippen LogP contribution in [-0.4, -0.2) is 28.7 Å². The van der Waals surface area contributed by atoms with E-state index in [4.69, 9.17) is 0 Å². The quantitative estimate of drug-likeness (QED) is 0.782. The molecule has 1 fully saturated rings. The van der Waals surface area contributed by atoms with E-state index in [0.717, 1.165) is 32.4 Å². The maximum absolute atomic E-state index is 12.1. The lowest BCUT2D eigenvalue weighted by molar-refractivity contribution is -0.131. The van der Waals surface area contributed by atoms with Crippen LogP contribution in [0.4, 0.5) is 0 Å². The number of hydrogen-bond acceptors (Lipinski definition) is 1. The minimum Gasteiger partial charge on any atom is -0.342 e. The van der Waals surface area contributed by atoms with E-state index in [1.165, 1.54) is 5.56 Å². The van der Waals surface area contributed by atoms with Gasteiger partial charge < -0.3 is 4.90 Å². The number of alkyl halides is 1. The number of piperidine rings is 1. The molecule has 0 aromatic heterocycles. The minimum atomic E-state index is -0.00854. The third-order valence-corrected chi connectivity index (χ3v) is 4.74. The summed E-state index contributed by atoms with van der Waals surface area (Å²) in [6.45, 7) is 3.81. The Morgan fingerprint density at radius 1 is 1.33 bits per heavy atom. The molecule has 2 nitrogen and oxygen atoms in total. The predicted molar refractivity (Wildman–Crippen MR) is 78.0 cm³/mol. The number of benzene rings is 1. The van der Waals surface area contributed by atoms with Crippen LogP contribution in [0.15, 0.2) is 30.3 Å². The second-order valence-electron chi connectivity index (χ2n) is 4.89. The highest BCUT2D eigenvalue weighted by Gasteiger charge is 2.26. The van der Waals surface area contributed by atoms with E-state index >= 15 is 0 Å². The highest BCUT2D eigenvalue weighted by molar-refractivity contribution is 9.10. The first-order valence-electron chi connectivity index (χ1n) is 6.70. The highest BCUT2D eigenvalue weighted by Crippen LogP contribution is 2.28. The molecule has 1 amide bonds. The van der Waals surface area contributed by atoms with Crippen molar-refractivity contribution in [2.24, 2.45) is 0 Å². The Labute approximate surface area is 117 Å². The Balaban J connectivity index is 1.90. The SMILES string of the molecule is CCC(Br)C(=O)N1CCC(c2ccccc2)CC1. The molecule has 1 aliphatic rings. The van der Waals surface area contributed by atoms with Crippen molar-refractivity contribution in [1.82, 2.24) is 4.90 Å². The Kier molecular flexibility index (Phi) is 4.81. The molecular formula is C15H20BrNO. The maximum Gasteiger partial charge on any atom is 0.236 e. The van der Waals surface area contributed by atoms with Gasteiger partial charge in [0.2, 0.25) is 5.91 Å². The summed E-state index contributed by atoms with van der Waals surface area (Å²) in [7, 11) is 0. The van der Waals surface area contributed by atoms with Crippen molar-refractivity contribution in [3.63, 3.8) is 0 Å². The van der Waals surface area contributed by atoms with Gasteiger partial charge in [0.25, 0.3) is 0 Å². The second-order valence-corrected chi connectivity index (χ2v) is 5.99. The molecule has 0 spiro atoms. The summed E-state index contributed by atoms with van der Waals surface area (Å²) >= 11 is 3.45. The zero-order chi connectivity index (χ0) is 13.0. The van der Waals surface area contributed by atoms with Crippen molar-refractivity contribution in [2.45, 2.75) is 36.9 Å². The topological polar surface area (TPSA) is 20.3 Å². The molecule has 0 aliphatic carbocycles. The molecule has 1 saturated heterocycles. The molecular weight excluding hydrogens is 290 g/mol. The zero-order valence-electron chi connectivity index (χ0n) is 10.8. The van der Waals surface area contributed by atoms with Crippen LogP contribution in [-0.2, 0) is 4.79 Å². The molecule has 1 atom stereocenters. The number of likely N-dealkylation sites (tertiary alicyclic amines) is 1. The first kappa shape index (κ1) is 13.6. The van der Waals surface area contributed by atoms with Crippen LogP contribution in [0.1, 0.15) is 37.7 Å². The molecule has 0 saturated carbocycles. The third kappa shape index (κ3) is 3.14. The summed E-state index contributed by atoms with van der Waals surface area (Å²) in [4.78, 5) is 14.0. The van der Waals surface area contributed by atoms with Crippen molar-refractivity contribution in [3.8, 4) is 0 Å². The number of rotatable bonds is 3.